The van der Waals surface area contributed by atoms with Gasteiger partial charge in [0.05, 0.1) is 12.8 Å². The van der Waals surface area contributed by atoms with E-state index in [0.717, 1.165) is 28.3 Å². The van der Waals surface area contributed by atoms with Gasteiger partial charge in [-0.1, -0.05) is 42.5 Å². The number of hydrogen-bond acceptors (Lipinski definition) is 6. The number of nitrogens with one attached hydrogen (secondary N) is 3. The molecule has 4 rings (SSSR count). The Balaban J connectivity index is 1.44. The minimum atomic E-state index is -0.432. The molecule has 0 saturated carbocycles. The second-order valence-corrected chi connectivity index (χ2v) is 7.31. The van der Waals surface area contributed by atoms with Crippen LogP contribution in [0.5, 0.6) is 5.75 Å². The Labute approximate surface area is 192 Å². The van der Waals surface area contributed by atoms with Gasteiger partial charge in [-0.05, 0) is 49.0 Å². The molecule has 1 amide bonds. The Bertz CT molecular complexity index is 1210. The van der Waals surface area contributed by atoms with E-state index < -0.39 is 6.04 Å². The quantitative estimate of drug-likeness (QED) is 0.366. The molecule has 0 aliphatic rings. The van der Waals surface area contributed by atoms with E-state index in [1.54, 1.807) is 14.2 Å². The van der Waals surface area contributed by atoms with Crippen molar-refractivity contribution < 1.29 is 9.53 Å². The molecular weight excluding hydrogens is 414 g/mol. The molecule has 7 heteroatoms. The van der Waals surface area contributed by atoms with Gasteiger partial charge in [0, 0.05) is 23.0 Å². The number of benzene rings is 3. The predicted octanol–water partition coefficient (Wildman–Crippen LogP) is 4.80. The van der Waals surface area contributed by atoms with Gasteiger partial charge in [-0.15, -0.1) is 0 Å². The number of anilines is 3. The van der Waals surface area contributed by atoms with Crippen molar-refractivity contribution >= 4 is 23.1 Å². The fourth-order valence-corrected chi connectivity index (χ4v) is 3.52. The first kappa shape index (κ1) is 22.0. The highest BCUT2D eigenvalue weighted by molar-refractivity contribution is 5.95. The topological polar surface area (TPSA) is 88.2 Å². The molecule has 166 valence electrons. The average Bonchev–Trinajstić information content (AvgIpc) is 2.86. The smallest absolute Gasteiger partial charge is 0.246 e. The number of amides is 1. The third kappa shape index (κ3) is 5.34. The zero-order valence-corrected chi connectivity index (χ0v) is 18.4. The lowest BCUT2D eigenvalue weighted by molar-refractivity contribution is -0.118. The highest BCUT2D eigenvalue weighted by Crippen LogP contribution is 2.29. The predicted molar refractivity (Wildman–Crippen MR) is 131 cm³/mol. The second-order valence-electron chi connectivity index (χ2n) is 7.31. The lowest BCUT2D eigenvalue weighted by Crippen LogP contribution is -2.30. The largest absolute Gasteiger partial charge is 0.496 e. The van der Waals surface area contributed by atoms with Crippen LogP contribution in [0.3, 0.4) is 0 Å². The highest BCUT2D eigenvalue weighted by atomic mass is 16.5. The van der Waals surface area contributed by atoms with Gasteiger partial charge in [0.15, 0.2) is 0 Å². The van der Waals surface area contributed by atoms with Crippen LogP contribution in [0, 0.1) is 0 Å². The number of carbonyl (C=O) groups excluding carboxylic acids is 1. The summed E-state index contributed by atoms with van der Waals surface area (Å²) in [5, 5.41) is 9.29. The summed E-state index contributed by atoms with van der Waals surface area (Å²) in [6.45, 7) is 0. The van der Waals surface area contributed by atoms with Crippen molar-refractivity contribution in [3.8, 4) is 17.0 Å². The van der Waals surface area contributed by atoms with Gasteiger partial charge in [-0.2, -0.15) is 0 Å². The zero-order chi connectivity index (χ0) is 23.0. The van der Waals surface area contributed by atoms with Crippen LogP contribution in [-0.2, 0) is 4.79 Å². The van der Waals surface area contributed by atoms with Crippen molar-refractivity contribution in [3.63, 3.8) is 0 Å². The number of hydrogen-bond donors (Lipinski definition) is 3. The average molecular weight is 440 g/mol. The maximum Gasteiger partial charge on any atom is 0.246 e. The molecule has 0 aliphatic carbocycles. The second kappa shape index (κ2) is 10.4. The maximum absolute atomic E-state index is 12.7. The molecule has 33 heavy (non-hydrogen) atoms. The number of rotatable bonds is 8. The van der Waals surface area contributed by atoms with Crippen LogP contribution < -0.4 is 20.7 Å². The van der Waals surface area contributed by atoms with E-state index in [1.807, 2.05) is 84.9 Å². The van der Waals surface area contributed by atoms with Crippen LogP contribution in [0.15, 0.2) is 91.3 Å². The Kier molecular flexibility index (Phi) is 6.92. The number of methoxy groups -OCH3 is 1. The molecule has 1 heterocycles. The number of para-hydroxylation sites is 1. The van der Waals surface area contributed by atoms with Crippen molar-refractivity contribution in [2.75, 3.05) is 24.8 Å². The van der Waals surface area contributed by atoms with Crippen molar-refractivity contribution in [1.82, 2.24) is 15.3 Å². The molecular formula is C26H25N5O2. The number of ether oxygens (including phenoxy) is 1. The van der Waals surface area contributed by atoms with Crippen LogP contribution in [-0.4, -0.2) is 30.0 Å². The number of nitrogens with zero attached hydrogens (tertiary/aromatic N) is 2. The minimum Gasteiger partial charge on any atom is -0.496 e. The first-order valence-corrected chi connectivity index (χ1v) is 10.5. The van der Waals surface area contributed by atoms with Crippen LogP contribution in [0.2, 0.25) is 0 Å². The van der Waals surface area contributed by atoms with Gasteiger partial charge in [0.1, 0.15) is 23.9 Å². The Morgan fingerprint density at radius 3 is 2.30 bits per heavy atom. The molecule has 0 saturated heterocycles. The van der Waals surface area contributed by atoms with Crippen molar-refractivity contribution in [2.45, 2.75) is 6.04 Å². The Morgan fingerprint density at radius 2 is 1.58 bits per heavy atom. The highest BCUT2D eigenvalue weighted by Gasteiger charge is 2.18. The summed E-state index contributed by atoms with van der Waals surface area (Å²) in [6, 6.07) is 26.2. The lowest BCUT2D eigenvalue weighted by Gasteiger charge is -2.16. The van der Waals surface area contributed by atoms with Crippen molar-refractivity contribution in [1.29, 1.82) is 0 Å². The van der Waals surface area contributed by atoms with Gasteiger partial charge in [0.2, 0.25) is 5.91 Å². The van der Waals surface area contributed by atoms with Crippen LogP contribution >= 0.6 is 0 Å². The summed E-state index contributed by atoms with van der Waals surface area (Å²) in [5.74, 6) is 1.28. The van der Waals surface area contributed by atoms with Crippen LogP contribution in [0.1, 0.15) is 11.6 Å². The van der Waals surface area contributed by atoms with Gasteiger partial charge in [-0.25, -0.2) is 9.97 Å². The maximum atomic E-state index is 12.7. The van der Waals surface area contributed by atoms with E-state index in [0.29, 0.717) is 11.5 Å². The summed E-state index contributed by atoms with van der Waals surface area (Å²) in [4.78, 5) is 21.4. The molecule has 3 aromatic carbocycles. The normalized spacial score (nSPS) is 11.5. The van der Waals surface area contributed by atoms with Gasteiger partial charge >= 0.3 is 0 Å². The van der Waals surface area contributed by atoms with Gasteiger partial charge < -0.3 is 20.7 Å². The fourth-order valence-electron chi connectivity index (χ4n) is 3.52. The molecule has 3 N–H and O–H groups in total. The summed E-state index contributed by atoms with van der Waals surface area (Å²) < 4.78 is 5.44. The zero-order valence-electron chi connectivity index (χ0n) is 18.4. The lowest BCUT2D eigenvalue weighted by atomic mass is 10.1. The molecule has 1 atom stereocenters. The molecule has 4 aromatic rings. The molecule has 0 unspecified atom stereocenters. The molecule has 0 aliphatic heterocycles. The third-order valence-electron chi connectivity index (χ3n) is 5.16. The molecule has 0 fully saturated rings. The first-order chi connectivity index (χ1) is 16.2. The van der Waals surface area contributed by atoms with E-state index in [1.165, 1.54) is 6.33 Å². The number of carbonyl (C=O) groups is 1. The van der Waals surface area contributed by atoms with Gasteiger partial charge in [-0.3, -0.25) is 4.79 Å². The van der Waals surface area contributed by atoms with E-state index in [2.05, 4.69) is 25.9 Å². The molecule has 1 aromatic heterocycles. The number of likely N-dealkylation sites (N-methyl/N-ethyl adjacent to an activating group) is 1. The van der Waals surface area contributed by atoms with Crippen LogP contribution in [0.4, 0.5) is 17.2 Å². The van der Waals surface area contributed by atoms with Gasteiger partial charge in [0.25, 0.3) is 0 Å². The monoisotopic (exact) mass is 439 g/mol. The standard InChI is InChI=1S/C26H25N5O2/c1-27-25(18-8-4-3-5-9-18)26(32)31-20-14-12-19(13-15-20)30-24-16-22(28-17-29-24)21-10-6-7-11-23(21)33-2/h3-17,25,27H,1-2H3,(H,31,32)(H,28,29,30)/t25-/m0/s1. The van der Waals surface area contributed by atoms with E-state index in [9.17, 15) is 4.79 Å². The molecule has 0 radical (unpaired) electrons. The molecule has 0 bridgehead atoms. The molecule has 0 spiro atoms. The summed E-state index contributed by atoms with van der Waals surface area (Å²) in [7, 11) is 3.41. The van der Waals surface area contributed by atoms with Crippen LogP contribution in [0.25, 0.3) is 11.3 Å². The first-order valence-electron chi connectivity index (χ1n) is 10.5. The van der Waals surface area contributed by atoms with E-state index in [4.69, 9.17) is 4.74 Å². The SMILES string of the molecule is CN[C@H](C(=O)Nc1ccc(Nc2cc(-c3ccccc3OC)ncn2)cc1)c1ccccc1. The van der Waals surface area contributed by atoms with Crippen molar-refractivity contribution in [3.05, 3.63) is 96.8 Å². The van der Waals surface area contributed by atoms with E-state index in [-0.39, 0.29) is 5.91 Å². The Morgan fingerprint density at radius 1 is 0.879 bits per heavy atom. The molecule has 7 nitrogen and oxygen atoms in total. The third-order valence-corrected chi connectivity index (χ3v) is 5.16. The fraction of sp³-hybridized carbons (Fsp3) is 0.115. The summed E-state index contributed by atoms with van der Waals surface area (Å²) >= 11 is 0. The summed E-state index contributed by atoms with van der Waals surface area (Å²) in [5.41, 5.74) is 4.10. The summed E-state index contributed by atoms with van der Waals surface area (Å²) in [6.07, 6.45) is 1.51. The van der Waals surface area contributed by atoms with E-state index >= 15 is 0 Å². The number of aromatic nitrogens is 2. The Hall–Kier alpha value is -4.23. The van der Waals surface area contributed by atoms with Crippen molar-refractivity contribution in [2.24, 2.45) is 0 Å². The minimum absolute atomic E-state index is 0.123.